The van der Waals surface area contributed by atoms with E-state index >= 15 is 0 Å². The van der Waals surface area contributed by atoms with Crippen molar-refractivity contribution in [1.29, 1.82) is 0 Å². The first kappa shape index (κ1) is 14.5. The van der Waals surface area contributed by atoms with Crippen LogP contribution in [0, 0.1) is 0 Å². The number of amides is 1. The van der Waals surface area contributed by atoms with Crippen LogP contribution in [0.5, 0.6) is 0 Å². The minimum absolute atomic E-state index is 0.0837. The molecule has 0 aromatic heterocycles. The Hall–Kier alpha value is -1.88. The number of carboxylic acid groups (broad SMARTS) is 1. The van der Waals surface area contributed by atoms with Gasteiger partial charge in [0.1, 0.15) is 6.10 Å². The van der Waals surface area contributed by atoms with Crippen LogP contribution in [0.15, 0.2) is 30.3 Å². The van der Waals surface area contributed by atoms with Crippen LogP contribution >= 0.6 is 0 Å². The maximum atomic E-state index is 12.1. The van der Waals surface area contributed by atoms with E-state index in [0.717, 1.165) is 12.0 Å². The molecule has 1 aromatic rings. The Morgan fingerprint density at radius 3 is 2.60 bits per heavy atom. The summed E-state index contributed by atoms with van der Waals surface area (Å²) < 4.78 is 5.51. The lowest BCUT2D eigenvalue weighted by Gasteiger charge is -2.20. The van der Waals surface area contributed by atoms with Crippen molar-refractivity contribution in [3.05, 3.63) is 35.9 Å². The Morgan fingerprint density at radius 1 is 1.35 bits per heavy atom. The molecule has 1 amide bonds. The molecule has 1 saturated heterocycles. The third-order valence-electron chi connectivity index (χ3n) is 3.42. The van der Waals surface area contributed by atoms with Crippen LogP contribution in [0.4, 0.5) is 0 Å². The first-order valence-corrected chi connectivity index (χ1v) is 6.79. The summed E-state index contributed by atoms with van der Waals surface area (Å²) in [7, 11) is 0. The summed E-state index contributed by atoms with van der Waals surface area (Å²) in [5, 5.41) is 11.8. The van der Waals surface area contributed by atoms with Crippen molar-refractivity contribution in [1.82, 2.24) is 5.32 Å². The van der Waals surface area contributed by atoms with Crippen LogP contribution in [0.3, 0.4) is 0 Å². The molecule has 0 aliphatic carbocycles. The summed E-state index contributed by atoms with van der Waals surface area (Å²) in [4.78, 5) is 23.1. The van der Waals surface area contributed by atoms with Crippen LogP contribution in [-0.2, 0) is 14.3 Å². The van der Waals surface area contributed by atoms with Gasteiger partial charge < -0.3 is 15.2 Å². The number of rotatable bonds is 5. The van der Waals surface area contributed by atoms with Gasteiger partial charge in [0.25, 0.3) is 0 Å². The molecule has 3 unspecified atom stereocenters. The van der Waals surface area contributed by atoms with Gasteiger partial charge >= 0.3 is 5.97 Å². The molecule has 2 rings (SSSR count). The van der Waals surface area contributed by atoms with E-state index in [9.17, 15) is 9.59 Å². The van der Waals surface area contributed by atoms with E-state index in [4.69, 9.17) is 9.84 Å². The van der Waals surface area contributed by atoms with Gasteiger partial charge in [0.2, 0.25) is 5.91 Å². The lowest BCUT2D eigenvalue weighted by Crippen LogP contribution is -2.38. The summed E-state index contributed by atoms with van der Waals surface area (Å²) in [5.74, 6) is -1.18. The highest BCUT2D eigenvalue weighted by atomic mass is 16.5. The van der Waals surface area contributed by atoms with E-state index in [1.807, 2.05) is 37.3 Å². The summed E-state index contributed by atoms with van der Waals surface area (Å²) >= 11 is 0. The second-order valence-electron chi connectivity index (χ2n) is 5.08. The number of carbonyl (C=O) groups is 2. The van der Waals surface area contributed by atoms with Gasteiger partial charge in [0.05, 0.1) is 18.6 Å². The van der Waals surface area contributed by atoms with E-state index < -0.39 is 18.1 Å². The summed E-state index contributed by atoms with van der Waals surface area (Å²) in [6, 6.07) is 8.60. The minimum Gasteiger partial charge on any atom is -0.481 e. The van der Waals surface area contributed by atoms with Crippen molar-refractivity contribution in [3.8, 4) is 0 Å². The molecule has 1 aliphatic heterocycles. The van der Waals surface area contributed by atoms with Crippen molar-refractivity contribution in [2.75, 3.05) is 0 Å². The smallest absolute Gasteiger partial charge is 0.305 e. The molecule has 0 radical (unpaired) electrons. The zero-order valence-electron chi connectivity index (χ0n) is 11.4. The second kappa shape index (κ2) is 6.52. The van der Waals surface area contributed by atoms with Crippen LogP contribution in [0.1, 0.15) is 37.8 Å². The van der Waals surface area contributed by atoms with Crippen LogP contribution in [-0.4, -0.2) is 29.2 Å². The molecule has 1 heterocycles. The lowest BCUT2D eigenvalue weighted by molar-refractivity contribution is -0.138. The van der Waals surface area contributed by atoms with Gasteiger partial charge in [-0.05, 0) is 25.3 Å². The predicted octanol–water partition coefficient (Wildman–Crippen LogP) is 1.89. The van der Waals surface area contributed by atoms with E-state index in [0.29, 0.717) is 6.42 Å². The maximum Gasteiger partial charge on any atom is 0.305 e. The van der Waals surface area contributed by atoms with Crippen molar-refractivity contribution in [3.63, 3.8) is 0 Å². The van der Waals surface area contributed by atoms with Gasteiger partial charge in [-0.2, -0.15) is 0 Å². The molecule has 1 fully saturated rings. The Kier molecular flexibility index (Phi) is 4.74. The minimum atomic E-state index is -0.945. The fraction of sp³-hybridized carbons (Fsp3) is 0.467. The van der Waals surface area contributed by atoms with Crippen LogP contribution in [0.2, 0.25) is 0 Å². The van der Waals surface area contributed by atoms with E-state index in [2.05, 4.69) is 5.32 Å². The number of hydrogen-bond acceptors (Lipinski definition) is 3. The van der Waals surface area contributed by atoms with Crippen molar-refractivity contribution in [2.45, 2.75) is 44.4 Å². The van der Waals surface area contributed by atoms with E-state index in [1.54, 1.807) is 0 Å². The predicted molar refractivity (Wildman–Crippen MR) is 73.1 cm³/mol. The van der Waals surface area contributed by atoms with Gasteiger partial charge in [-0.1, -0.05) is 30.3 Å². The molecular formula is C15H19NO4. The maximum absolute atomic E-state index is 12.1. The zero-order chi connectivity index (χ0) is 14.5. The van der Waals surface area contributed by atoms with E-state index in [1.165, 1.54) is 0 Å². The number of ether oxygens (including phenoxy) is 1. The molecule has 5 heteroatoms. The lowest BCUT2D eigenvalue weighted by atomic mass is 10.0. The molecule has 0 bridgehead atoms. The molecule has 108 valence electrons. The Balaban J connectivity index is 2.04. The standard InChI is InChI=1S/C15H19NO4/c1-10-7-8-13(20-10)15(19)16-12(9-14(17)18)11-5-3-2-4-6-11/h2-6,10,12-13H,7-9H2,1H3,(H,16,19)(H,17,18). The van der Waals surface area contributed by atoms with Crippen LogP contribution < -0.4 is 5.32 Å². The molecule has 1 aromatic carbocycles. The number of benzene rings is 1. The zero-order valence-corrected chi connectivity index (χ0v) is 11.4. The molecule has 0 spiro atoms. The first-order valence-electron chi connectivity index (χ1n) is 6.79. The van der Waals surface area contributed by atoms with Crippen molar-refractivity contribution < 1.29 is 19.4 Å². The van der Waals surface area contributed by atoms with Gasteiger partial charge in [0, 0.05) is 0 Å². The molecule has 3 atom stereocenters. The molecular weight excluding hydrogens is 258 g/mol. The number of nitrogens with one attached hydrogen (secondary N) is 1. The van der Waals surface area contributed by atoms with Gasteiger partial charge in [0.15, 0.2) is 0 Å². The summed E-state index contributed by atoms with van der Waals surface area (Å²) in [5.41, 5.74) is 0.786. The third-order valence-corrected chi connectivity index (χ3v) is 3.42. The van der Waals surface area contributed by atoms with Gasteiger partial charge in [-0.3, -0.25) is 9.59 Å². The number of carbonyl (C=O) groups excluding carboxylic acids is 1. The molecule has 1 aliphatic rings. The number of aliphatic carboxylic acids is 1. The molecule has 5 nitrogen and oxygen atoms in total. The van der Waals surface area contributed by atoms with Crippen LogP contribution in [0.25, 0.3) is 0 Å². The van der Waals surface area contributed by atoms with Gasteiger partial charge in [-0.15, -0.1) is 0 Å². The quantitative estimate of drug-likeness (QED) is 0.861. The topological polar surface area (TPSA) is 75.6 Å². The third kappa shape index (κ3) is 3.81. The number of hydrogen-bond donors (Lipinski definition) is 2. The summed E-state index contributed by atoms with van der Waals surface area (Å²) in [6.07, 6.45) is 1.01. The van der Waals surface area contributed by atoms with E-state index in [-0.39, 0.29) is 18.4 Å². The first-order chi connectivity index (χ1) is 9.56. The van der Waals surface area contributed by atoms with Crippen molar-refractivity contribution >= 4 is 11.9 Å². The summed E-state index contributed by atoms with van der Waals surface area (Å²) in [6.45, 7) is 1.93. The molecule has 20 heavy (non-hydrogen) atoms. The monoisotopic (exact) mass is 277 g/mol. The Bertz CT molecular complexity index is 474. The highest BCUT2D eigenvalue weighted by molar-refractivity contribution is 5.82. The Labute approximate surface area is 117 Å². The fourth-order valence-electron chi connectivity index (χ4n) is 2.37. The average Bonchev–Trinajstić information content (AvgIpc) is 2.85. The highest BCUT2D eigenvalue weighted by Crippen LogP contribution is 2.22. The molecule has 0 saturated carbocycles. The van der Waals surface area contributed by atoms with Crippen molar-refractivity contribution in [2.24, 2.45) is 0 Å². The van der Waals surface area contributed by atoms with Gasteiger partial charge in [-0.25, -0.2) is 0 Å². The largest absolute Gasteiger partial charge is 0.481 e. The second-order valence-corrected chi connectivity index (χ2v) is 5.08. The number of carboxylic acids is 1. The SMILES string of the molecule is CC1CCC(C(=O)NC(CC(=O)O)c2ccccc2)O1. The average molecular weight is 277 g/mol. The normalized spacial score (nSPS) is 23.2. The Morgan fingerprint density at radius 2 is 2.05 bits per heavy atom. The molecule has 2 N–H and O–H groups in total. The highest BCUT2D eigenvalue weighted by Gasteiger charge is 2.30. The fourth-order valence-corrected chi connectivity index (χ4v) is 2.37.